The molecule has 2 N–H and O–H groups in total. The van der Waals surface area contributed by atoms with E-state index >= 15 is 0 Å². The second-order valence-electron chi connectivity index (χ2n) is 6.56. The first-order valence-corrected chi connectivity index (χ1v) is 9.36. The van der Waals surface area contributed by atoms with Gasteiger partial charge in [-0.05, 0) is 32.1 Å². The number of ether oxygens (including phenoxy) is 2. The molecule has 1 aromatic heterocycles. The molecule has 0 amide bonds. The predicted molar refractivity (Wildman–Crippen MR) is 97.8 cm³/mol. The van der Waals surface area contributed by atoms with Crippen LogP contribution in [0.25, 0.3) is 0 Å². The number of rotatable bonds is 10. The molecule has 0 saturated carbocycles. The second-order valence-corrected chi connectivity index (χ2v) is 6.56. The van der Waals surface area contributed by atoms with Crippen molar-refractivity contribution in [3.63, 3.8) is 0 Å². The highest BCUT2D eigenvalue weighted by Gasteiger charge is 2.14. The Balaban J connectivity index is 1.64. The summed E-state index contributed by atoms with van der Waals surface area (Å²) in [6, 6.07) is 1.97. The first-order chi connectivity index (χ1) is 12.2. The van der Waals surface area contributed by atoms with Gasteiger partial charge in [-0.2, -0.15) is 0 Å². The van der Waals surface area contributed by atoms with Crippen molar-refractivity contribution in [2.24, 2.45) is 4.99 Å². The van der Waals surface area contributed by atoms with Crippen molar-refractivity contribution in [3.8, 4) is 0 Å². The molecule has 0 radical (unpaired) electrons. The molecule has 2 heterocycles. The maximum atomic E-state index is 5.67. The smallest absolute Gasteiger partial charge is 0.191 e. The zero-order chi connectivity index (χ0) is 17.9. The van der Waals surface area contributed by atoms with E-state index < -0.39 is 0 Å². The van der Waals surface area contributed by atoms with Gasteiger partial charge in [0.1, 0.15) is 6.54 Å². The average Bonchev–Trinajstić information content (AvgIpc) is 3.27. The van der Waals surface area contributed by atoms with Crippen molar-refractivity contribution in [1.29, 1.82) is 0 Å². The second kappa shape index (κ2) is 11.1. The lowest BCUT2D eigenvalue weighted by Crippen LogP contribution is -2.38. The topological polar surface area (TPSA) is 80.9 Å². The third kappa shape index (κ3) is 7.44. The SMILES string of the molecule is CCNC(=NCc1cc(C(C)C)no1)NCCCOCC1CCCO1. The molecule has 1 unspecified atom stereocenters. The largest absolute Gasteiger partial charge is 0.379 e. The number of nitrogens with zero attached hydrogens (tertiary/aromatic N) is 2. The monoisotopic (exact) mass is 352 g/mol. The maximum Gasteiger partial charge on any atom is 0.191 e. The molecule has 1 aliphatic rings. The van der Waals surface area contributed by atoms with E-state index in [4.69, 9.17) is 14.0 Å². The molecule has 25 heavy (non-hydrogen) atoms. The standard InChI is InChI=1S/C18H32N4O3/c1-4-19-18(21-12-16-11-17(14(2)3)22-25-16)20-8-6-9-23-13-15-7-5-10-24-15/h11,14-15H,4-10,12-13H2,1-3H3,(H2,19,20,21). The molecule has 0 aliphatic carbocycles. The van der Waals surface area contributed by atoms with E-state index in [1.54, 1.807) is 0 Å². The Morgan fingerprint density at radius 1 is 1.44 bits per heavy atom. The van der Waals surface area contributed by atoms with Crippen LogP contribution in [0.15, 0.2) is 15.6 Å². The molecule has 1 aliphatic heterocycles. The molecule has 2 rings (SSSR count). The van der Waals surface area contributed by atoms with E-state index in [0.717, 1.165) is 63.0 Å². The number of aromatic nitrogens is 1. The van der Waals surface area contributed by atoms with Crippen molar-refractivity contribution in [2.75, 3.05) is 32.9 Å². The van der Waals surface area contributed by atoms with Crippen LogP contribution in [0.1, 0.15) is 57.4 Å². The minimum atomic E-state index is 0.296. The van der Waals surface area contributed by atoms with Gasteiger partial charge in [0.15, 0.2) is 11.7 Å². The Morgan fingerprint density at radius 2 is 2.32 bits per heavy atom. The summed E-state index contributed by atoms with van der Waals surface area (Å²) in [6.45, 7) is 10.7. The summed E-state index contributed by atoms with van der Waals surface area (Å²) in [6.07, 6.45) is 3.50. The molecular weight excluding hydrogens is 320 g/mol. The van der Waals surface area contributed by atoms with Crippen LogP contribution in [0.4, 0.5) is 0 Å². The lowest BCUT2D eigenvalue weighted by atomic mass is 10.1. The van der Waals surface area contributed by atoms with Crippen LogP contribution in [0.3, 0.4) is 0 Å². The van der Waals surface area contributed by atoms with Crippen LogP contribution >= 0.6 is 0 Å². The van der Waals surface area contributed by atoms with Crippen LogP contribution in [0.2, 0.25) is 0 Å². The van der Waals surface area contributed by atoms with E-state index in [0.29, 0.717) is 25.2 Å². The average molecular weight is 352 g/mol. The fourth-order valence-corrected chi connectivity index (χ4v) is 2.55. The van der Waals surface area contributed by atoms with Gasteiger partial charge in [-0.15, -0.1) is 0 Å². The van der Waals surface area contributed by atoms with E-state index in [9.17, 15) is 0 Å². The van der Waals surface area contributed by atoms with Crippen LogP contribution in [-0.2, 0) is 16.0 Å². The molecule has 7 nitrogen and oxygen atoms in total. The zero-order valence-electron chi connectivity index (χ0n) is 15.7. The molecule has 1 atom stereocenters. The molecular formula is C18H32N4O3. The molecule has 142 valence electrons. The first kappa shape index (κ1) is 19.7. The fourth-order valence-electron chi connectivity index (χ4n) is 2.55. The lowest BCUT2D eigenvalue weighted by Gasteiger charge is -2.12. The molecule has 1 aromatic rings. The van der Waals surface area contributed by atoms with Crippen molar-refractivity contribution in [3.05, 3.63) is 17.5 Å². The van der Waals surface area contributed by atoms with Gasteiger partial charge in [0.05, 0.1) is 18.4 Å². The Kier molecular flexibility index (Phi) is 8.76. The van der Waals surface area contributed by atoms with Crippen LogP contribution in [0.5, 0.6) is 0 Å². The summed E-state index contributed by atoms with van der Waals surface area (Å²) < 4.78 is 16.5. The minimum Gasteiger partial charge on any atom is -0.379 e. The van der Waals surface area contributed by atoms with E-state index in [-0.39, 0.29) is 0 Å². The number of aliphatic imine (C=N–C) groups is 1. The van der Waals surface area contributed by atoms with E-state index in [1.165, 1.54) is 0 Å². The molecule has 0 bridgehead atoms. The number of hydrogen-bond donors (Lipinski definition) is 2. The van der Waals surface area contributed by atoms with Gasteiger partial charge in [-0.1, -0.05) is 19.0 Å². The highest BCUT2D eigenvalue weighted by molar-refractivity contribution is 5.79. The summed E-state index contributed by atoms with van der Waals surface area (Å²) in [4.78, 5) is 4.54. The third-order valence-electron chi connectivity index (χ3n) is 3.99. The predicted octanol–water partition coefficient (Wildman–Crippen LogP) is 2.44. The van der Waals surface area contributed by atoms with Gasteiger partial charge in [0.25, 0.3) is 0 Å². The summed E-state index contributed by atoms with van der Waals surface area (Å²) in [7, 11) is 0. The highest BCUT2D eigenvalue weighted by Crippen LogP contribution is 2.14. The Labute approximate surface area is 150 Å². The Hall–Kier alpha value is -1.60. The fraction of sp³-hybridized carbons (Fsp3) is 0.778. The normalized spacial score (nSPS) is 18.1. The summed E-state index contributed by atoms with van der Waals surface area (Å²) in [5, 5.41) is 10.6. The zero-order valence-corrected chi connectivity index (χ0v) is 15.7. The summed E-state index contributed by atoms with van der Waals surface area (Å²) in [5.74, 6) is 1.92. The molecule has 1 fully saturated rings. The van der Waals surface area contributed by atoms with E-state index in [1.807, 2.05) is 13.0 Å². The summed E-state index contributed by atoms with van der Waals surface area (Å²) in [5.41, 5.74) is 0.964. The lowest BCUT2D eigenvalue weighted by molar-refractivity contribution is 0.0168. The number of hydrogen-bond acceptors (Lipinski definition) is 5. The Bertz CT molecular complexity index is 510. The van der Waals surface area contributed by atoms with Crippen LogP contribution < -0.4 is 10.6 Å². The van der Waals surface area contributed by atoms with E-state index in [2.05, 4.69) is 34.6 Å². The quantitative estimate of drug-likeness (QED) is 0.382. The van der Waals surface area contributed by atoms with Gasteiger partial charge < -0.3 is 24.6 Å². The Morgan fingerprint density at radius 3 is 3.00 bits per heavy atom. The van der Waals surface area contributed by atoms with Gasteiger partial charge >= 0.3 is 0 Å². The summed E-state index contributed by atoms with van der Waals surface area (Å²) >= 11 is 0. The minimum absolute atomic E-state index is 0.296. The van der Waals surface area contributed by atoms with Gasteiger partial charge in [0.2, 0.25) is 0 Å². The van der Waals surface area contributed by atoms with Gasteiger partial charge in [-0.3, -0.25) is 0 Å². The first-order valence-electron chi connectivity index (χ1n) is 9.36. The maximum absolute atomic E-state index is 5.67. The molecule has 1 saturated heterocycles. The van der Waals surface area contributed by atoms with Crippen molar-refractivity contribution in [2.45, 2.75) is 58.6 Å². The van der Waals surface area contributed by atoms with Crippen molar-refractivity contribution >= 4 is 5.96 Å². The van der Waals surface area contributed by atoms with Crippen LogP contribution in [-0.4, -0.2) is 50.1 Å². The highest BCUT2D eigenvalue weighted by atomic mass is 16.5. The van der Waals surface area contributed by atoms with Crippen molar-refractivity contribution < 1.29 is 14.0 Å². The van der Waals surface area contributed by atoms with Gasteiger partial charge in [0, 0.05) is 32.4 Å². The number of nitrogens with one attached hydrogen (secondary N) is 2. The van der Waals surface area contributed by atoms with Crippen molar-refractivity contribution in [1.82, 2.24) is 15.8 Å². The molecule has 0 spiro atoms. The molecule has 0 aromatic carbocycles. The third-order valence-corrected chi connectivity index (χ3v) is 3.99. The number of guanidine groups is 1. The van der Waals surface area contributed by atoms with Gasteiger partial charge in [-0.25, -0.2) is 4.99 Å². The molecule has 7 heteroatoms. The van der Waals surface area contributed by atoms with Crippen LogP contribution in [0, 0.1) is 0 Å².